The molecule has 0 spiro atoms. The van der Waals surface area contributed by atoms with Gasteiger partial charge in [-0.3, -0.25) is 4.79 Å². The van der Waals surface area contributed by atoms with Gasteiger partial charge in [0.2, 0.25) is 10.0 Å². The van der Waals surface area contributed by atoms with E-state index in [0.29, 0.717) is 28.4 Å². The highest BCUT2D eigenvalue weighted by molar-refractivity contribution is 7.89. The molecule has 8 heteroatoms. The summed E-state index contributed by atoms with van der Waals surface area (Å²) in [6.07, 6.45) is 0. The Kier molecular flexibility index (Phi) is 5.59. The van der Waals surface area contributed by atoms with Crippen LogP contribution in [-0.4, -0.2) is 31.7 Å². The minimum Gasteiger partial charge on any atom is -0.321 e. The zero-order chi connectivity index (χ0) is 19.6. The number of thiophene rings is 1. The number of anilines is 1. The van der Waals surface area contributed by atoms with E-state index < -0.39 is 10.0 Å². The summed E-state index contributed by atoms with van der Waals surface area (Å²) in [6.45, 7) is 4.35. The molecule has 0 fully saturated rings. The molecule has 1 heterocycles. The third-order valence-corrected chi connectivity index (χ3v) is 7.32. The molecule has 2 aromatic carbocycles. The molecule has 3 rings (SSSR count). The number of fused-ring (bicyclic) bond motifs is 1. The standard InChI is InChI=1S/C19H19FN2O3S2/c1-3-22(4-2)27(24,25)16-9-7-15(8-10-16)21-19(23)18-11-13-5-6-14(20)12-17(13)26-18/h5-12H,3-4H2,1-2H3,(H,21,23). The van der Waals surface area contributed by atoms with Gasteiger partial charge in [-0.15, -0.1) is 11.3 Å². The topological polar surface area (TPSA) is 66.5 Å². The van der Waals surface area contributed by atoms with Gasteiger partial charge >= 0.3 is 0 Å². The summed E-state index contributed by atoms with van der Waals surface area (Å²) in [6, 6.07) is 12.1. The van der Waals surface area contributed by atoms with Crippen LogP contribution in [0.4, 0.5) is 10.1 Å². The van der Waals surface area contributed by atoms with Gasteiger partial charge in [-0.05, 0) is 47.9 Å². The average molecular weight is 407 g/mol. The number of nitrogens with one attached hydrogen (secondary N) is 1. The molecule has 1 amide bonds. The van der Waals surface area contributed by atoms with Crippen LogP contribution in [0.25, 0.3) is 10.1 Å². The van der Waals surface area contributed by atoms with Gasteiger partial charge in [0.05, 0.1) is 9.77 Å². The maximum atomic E-state index is 13.3. The van der Waals surface area contributed by atoms with Crippen molar-refractivity contribution in [2.45, 2.75) is 18.7 Å². The van der Waals surface area contributed by atoms with Crippen LogP contribution in [0.1, 0.15) is 23.5 Å². The molecular weight excluding hydrogens is 387 g/mol. The number of benzene rings is 2. The summed E-state index contributed by atoms with van der Waals surface area (Å²) in [7, 11) is -3.53. The molecule has 27 heavy (non-hydrogen) atoms. The van der Waals surface area contributed by atoms with Gasteiger partial charge in [0, 0.05) is 23.5 Å². The average Bonchev–Trinajstić information content (AvgIpc) is 3.06. The van der Waals surface area contributed by atoms with Crippen LogP contribution in [0, 0.1) is 5.82 Å². The van der Waals surface area contributed by atoms with Crippen LogP contribution in [0.2, 0.25) is 0 Å². The van der Waals surface area contributed by atoms with Crippen LogP contribution in [0.5, 0.6) is 0 Å². The molecule has 1 N–H and O–H groups in total. The molecule has 0 aliphatic heterocycles. The molecule has 3 aromatic rings. The first kappa shape index (κ1) is 19.5. The number of amides is 1. The SMILES string of the molecule is CCN(CC)S(=O)(=O)c1ccc(NC(=O)c2cc3ccc(F)cc3s2)cc1. The first-order chi connectivity index (χ1) is 12.8. The van der Waals surface area contributed by atoms with E-state index in [9.17, 15) is 17.6 Å². The van der Waals surface area contributed by atoms with E-state index in [0.717, 1.165) is 5.39 Å². The van der Waals surface area contributed by atoms with Gasteiger partial charge < -0.3 is 5.32 Å². The van der Waals surface area contributed by atoms with Crippen molar-refractivity contribution in [1.82, 2.24) is 4.31 Å². The van der Waals surface area contributed by atoms with Crippen LogP contribution in [-0.2, 0) is 10.0 Å². The monoisotopic (exact) mass is 406 g/mol. The predicted octanol–water partition coefficient (Wildman–Crippen LogP) is 4.32. The number of rotatable bonds is 6. The summed E-state index contributed by atoms with van der Waals surface area (Å²) >= 11 is 1.20. The number of sulfonamides is 1. The first-order valence-corrected chi connectivity index (χ1v) is 10.7. The third kappa shape index (κ3) is 4.02. The maximum absolute atomic E-state index is 13.3. The number of carbonyl (C=O) groups excluding carboxylic acids is 1. The minimum atomic E-state index is -3.53. The Bertz CT molecular complexity index is 1070. The molecule has 142 valence electrons. The fourth-order valence-electron chi connectivity index (χ4n) is 2.73. The summed E-state index contributed by atoms with van der Waals surface area (Å²) in [4.78, 5) is 13.1. The van der Waals surface area contributed by atoms with Crippen molar-refractivity contribution in [2.24, 2.45) is 0 Å². The Balaban J connectivity index is 1.78. The van der Waals surface area contributed by atoms with Crippen molar-refractivity contribution in [2.75, 3.05) is 18.4 Å². The van der Waals surface area contributed by atoms with Crippen molar-refractivity contribution < 1.29 is 17.6 Å². The smallest absolute Gasteiger partial charge is 0.265 e. The lowest BCUT2D eigenvalue weighted by Gasteiger charge is -2.18. The molecule has 0 aliphatic carbocycles. The van der Waals surface area contributed by atoms with Crippen molar-refractivity contribution in [3.8, 4) is 0 Å². The van der Waals surface area contributed by atoms with Crippen molar-refractivity contribution >= 4 is 43.0 Å². The maximum Gasteiger partial charge on any atom is 0.265 e. The molecule has 0 atom stereocenters. The van der Waals surface area contributed by atoms with Gasteiger partial charge in [0.15, 0.2) is 0 Å². The molecule has 1 aromatic heterocycles. The second-order valence-corrected chi connectivity index (χ2v) is 8.88. The van der Waals surface area contributed by atoms with E-state index in [1.54, 1.807) is 38.1 Å². The molecule has 0 unspecified atom stereocenters. The Morgan fingerprint density at radius 3 is 2.37 bits per heavy atom. The fraction of sp³-hybridized carbons (Fsp3) is 0.211. The third-order valence-electron chi connectivity index (χ3n) is 4.16. The second kappa shape index (κ2) is 7.75. The Morgan fingerprint density at radius 1 is 1.07 bits per heavy atom. The van der Waals surface area contributed by atoms with Crippen LogP contribution >= 0.6 is 11.3 Å². The summed E-state index contributed by atoms with van der Waals surface area (Å²) < 4.78 is 40.3. The highest BCUT2D eigenvalue weighted by Crippen LogP contribution is 2.27. The van der Waals surface area contributed by atoms with Crippen molar-refractivity contribution in [3.05, 3.63) is 59.2 Å². The van der Waals surface area contributed by atoms with Crippen molar-refractivity contribution in [1.29, 1.82) is 0 Å². The summed E-state index contributed by atoms with van der Waals surface area (Å²) in [5, 5.41) is 3.54. The molecule has 0 radical (unpaired) electrons. The second-order valence-electron chi connectivity index (χ2n) is 5.86. The Hall–Kier alpha value is -2.29. The molecule has 0 aliphatic rings. The number of hydrogen-bond acceptors (Lipinski definition) is 4. The largest absolute Gasteiger partial charge is 0.321 e. The van der Waals surface area contributed by atoms with E-state index in [4.69, 9.17) is 0 Å². The number of hydrogen-bond donors (Lipinski definition) is 1. The van der Waals surface area contributed by atoms with E-state index in [2.05, 4.69) is 5.32 Å². The van der Waals surface area contributed by atoms with E-state index >= 15 is 0 Å². The highest BCUT2D eigenvalue weighted by atomic mass is 32.2. The number of nitrogens with zero attached hydrogens (tertiary/aromatic N) is 1. The quantitative estimate of drug-likeness (QED) is 0.663. The summed E-state index contributed by atoms with van der Waals surface area (Å²) in [5.74, 6) is -0.669. The highest BCUT2D eigenvalue weighted by Gasteiger charge is 2.21. The van der Waals surface area contributed by atoms with Crippen molar-refractivity contribution in [3.63, 3.8) is 0 Å². The normalized spacial score (nSPS) is 11.9. The number of carbonyl (C=O) groups is 1. The lowest BCUT2D eigenvalue weighted by Crippen LogP contribution is -2.30. The van der Waals surface area contributed by atoms with E-state index in [1.807, 2.05) is 0 Å². The number of halogens is 1. The van der Waals surface area contributed by atoms with Crippen LogP contribution < -0.4 is 5.32 Å². The zero-order valence-corrected chi connectivity index (χ0v) is 16.5. The van der Waals surface area contributed by atoms with Gasteiger partial charge in [-0.2, -0.15) is 4.31 Å². The lowest BCUT2D eigenvalue weighted by molar-refractivity contribution is 0.103. The van der Waals surface area contributed by atoms with E-state index in [1.165, 1.54) is 39.9 Å². The fourth-order valence-corrected chi connectivity index (χ4v) is 5.17. The molecule has 5 nitrogen and oxygen atoms in total. The Morgan fingerprint density at radius 2 is 1.74 bits per heavy atom. The molecule has 0 bridgehead atoms. The molecule has 0 saturated carbocycles. The van der Waals surface area contributed by atoms with Gasteiger partial charge in [0.25, 0.3) is 5.91 Å². The predicted molar refractivity (Wildman–Crippen MR) is 106 cm³/mol. The van der Waals surface area contributed by atoms with E-state index in [-0.39, 0.29) is 16.6 Å². The molecule has 0 saturated heterocycles. The van der Waals surface area contributed by atoms with Gasteiger partial charge in [-0.25, -0.2) is 12.8 Å². The Labute approximate surface area is 161 Å². The zero-order valence-electron chi connectivity index (χ0n) is 14.9. The lowest BCUT2D eigenvalue weighted by atomic mass is 10.2. The van der Waals surface area contributed by atoms with Gasteiger partial charge in [0.1, 0.15) is 5.82 Å². The minimum absolute atomic E-state index is 0.182. The summed E-state index contributed by atoms with van der Waals surface area (Å²) in [5.41, 5.74) is 0.488. The van der Waals surface area contributed by atoms with Gasteiger partial charge in [-0.1, -0.05) is 19.9 Å². The molecular formula is C19H19FN2O3S2. The first-order valence-electron chi connectivity index (χ1n) is 8.45. The van der Waals surface area contributed by atoms with Crippen LogP contribution in [0.15, 0.2) is 53.4 Å². The van der Waals surface area contributed by atoms with Crippen LogP contribution in [0.3, 0.4) is 0 Å².